The largest absolute Gasteiger partial charge is 0.275 e. The van der Waals surface area contributed by atoms with E-state index in [-0.39, 0.29) is 0 Å². The number of hydrogen-bond donors (Lipinski definition) is 0. The van der Waals surface area contributed by atoms with Gasteiger partial charge in [0.2, 0.25) is 5.95 Å². The molecule has 0 unspecified atom stereocenters. The summed E-state index contributed by atoms with van der Waals surface area (Å²) in [6.07, 6.45) is 1.86. The number of benzene rings is 6. The Morgan fingerprint density at radius 3 is 1.72 bits per heavy atom. The first-order chi connectivity index (χ1) is 24.8. The number of nitrogens with zero attached hydrogens (tertiary/aromatic N) is 5. The van der Waals surface area contributed by atoms with Gasteiger partial charge in [0.05, 0.1) is 16.6 Å². The molecule has 0 saturated carbocycles. The van der Waals surface area contributed by atoms with Crippen molar-refractivity contribution in [3.63, 3.8) is 0 Å². The molecule has 0 radical (unpaired) electrons. The molecule has 234 valence electrons. The highest BCUT2D eigenvalue weighted by atomic mass is 32.1. The van der Waals surface area contributed by atoms with Crippen molar-refractivity contribution in [2.24, 2.45) is 0 Å². The molecule has 0 aliphatic heterocycles. The summed E-state index contributed by atoms with van der Waals surface area (Å²) in [5.74, 6) is 1.76. The highest BCUT2D eigenvalue weighted by Gasteiger charge is 2.22. The van der Waals surface area contributed by atoms with Crippen LogP contribution in [0.2, 0.25) is 0 Å². The van der Waals surface area contributed by atoms with E-state index in [4.69, 9.17) is 19.9 Å². The lowest BCUT2D eigenvalue weighted by Gasteiger charge is -2.12. The third-order valence-corrected chi connectivity index (χ3v) is 10.4. The van der Waals surface area contributed by atoms with E-state index in [0.29, 0.717) is 17.6 Å². The molecule has 0 spiro atoms. The standard InChI is InChI=1S/C44H27N5S/c1-3-12-28(13-4-1)30-16-9-18-32(26-30)42-46-43(33-19-10-17-31(27-33)29-14-5-2-6-15-29)48-44(47-42)49-36-21-11-25-45-40(36)35-23-24-38-39(41(35)49)34-20-7-8-22-37(34)50-38/h1-27H. The first-order valence-electron chi connectivity index (χ1n) is 16.6. The van der Waals surface area contributed by atoms with Crippen LogP contribution in [0.15, 0.2) is 164 Å². The summed E-state index contributed by atoms with van der Waals surface area (Å²) in [6.45, 7) is 0. The maximum atomic E-state index is 5.27. The van der Waals surface area contributed by atoms with E-state index in [2.05, 4.69) is 144 Å². The van der Waals surface area contributed by atoms with E-state index < -0.39 is 0 Å². The van der Waals surface area contributed by atoms with Gasteiger partial charge in [-0.05, 0) is 64.7 Å². The fourth-order valence-electron chi connectivity index (χ4n) is 6.99. The molecule has 0 fully saturated rings. The fraction of sp³-hybridized carbons (Fsp3) is 0. The SMILES string of the molecule is c1ccc(-c2cccc(-c3nc(-c4cccc(-c5ccccc5)c4)nc(-n4c5cccnc5c5ccc6sc7ccccc7c6c54)n3)c2)cc1. The van der Waals surface area contributed by atoms with Crippen LogP contribution < -0.4 is 0 Å². The molecular formula is C44H27N5S. The molecule has 0 bridgehead atoms. The van der Waals surface area contributed by atoms with Gasteiger partial charge in [-0.1, -0.05) is 115 Å². The van der Waals surface area contributed by atoms with E-state index in [1.54, 1.807) is 11.3 Å². The number of fused-ring (bicyclic) bond motifs is 7. The smallest absolute Gasteiger partial charge is 0.238 e. The lowest BCUT2D eigenvalue weighted by molar-refractivity contribution is 0.954. The predicted octanol–water partition coefficient (Wildman–Crippen LogP) is 11.4. The predicted molar refractivity (Wildman–Crippen MR) is 207 cm³/mol. The van der Waals surface area contributed by atoms with Crippen LogP contribution in [0.25, 0.3) is 93.1 Å². The summed E-state index contributed by atoms with van der Waals surface area (Å²) >= 11 is 1.80. The van der Waals surface area contributed by atoms with Crippen molar-refractivity contribution in [2.75, 3.05) is 0 Å². The Kier molecular flexibility index (Phi) is 6.60. The number of hydrogen-bond acceptors (Lipinski definition) is 5. The van der Waals surface area contributed by atoms with E-state index in [9.17, 15) is 0 Å². The summed E-state index contributed by atoms with van der Waals surface area (Å²) < 4.78 is 4.64. The van der Waals surface area contributed by atoms with Gasteiger partial charge in [0.25, 0.3) is 0 Å². The average molecular weight is 658 g/mol. The summed E-state index contributed by atoms with van der Waals surface area (Å²) in [5, 5.41) is 3.46. The molecule has 0 aliphatic carbocycles. The summed E-state index contributed by atoms with van der Waals surface area (Å²) in [7, 11) is 0. The monoisotopic (exact) mass is 657 g/mol. The first-order valence-corrected chi connectivity index (χ1v) is 17.4. The number of rotatable bonds is 5. The third-order valence-electron chi connectivity index (χ3n) is 9.30. The van der Waals surface area contributed by atoms with Crippen molar-refractivity contribution < 1.29 is 0 Å². The van der Waals surface area contributed by atoms with Crippen LogP contribution in [-0.2, 0) is 0 Å². The molecule has 5 nitrogen and oxygen atoms in total. The van der Waals surface area contributed by atoms with Crippen LogP contribution >= 0.6 is 11.3 Å². The van der Waals surface area contributed by atoms with Crippen molar-refractivity contribution in [2.45, 2.75) is 0 Å². The van der Waals surface area contributed by atoms with Crippen LogP contribution in [0.3, 0.4) is 0 Å². The van der Waals surface area contributed by atoms with Gasteiger partial charge in [-0.3, -0.25) is 9.55 Å². The van der Waals surface area contributed by atoms with Crippen LogP contribution in [-0.4, -0.2) is 24.5 Å². The molecule has 0 saturated heterocycles. The molecule has 0 N–H and O–H groups in total. The fourth-order valence-corrected chi connectivity index (χ4v) is 8.10. The molecule has 0 amide bonds. The molecule has 4 heterocycles. The van der Waals surface area contributed by atoms with Gasteiger partial charge in [0, 0.05) is 42.9 Å². The zero-order valence-corrected chi connectivity index (χ0v) is 27.5. The summed E-state index contributed by atoms with van der Waals surface area (Å²) in [4.78, 5) is 20.6. The van der Waals surface area contributed by atoms with Gasteiger partial charge in [-0.25, -0.2) is 4.98 Å². The van der Waals surface area contributed by atoms with Gasteiger partial charge >= 0.3 is 0 Å². The maximum Gasteiger partial charge on any atom is 0.238 e. The minimum Gasteiger partial charge on any atom is -0.275 e. The second-order valence-electron chi connectivity index (χ2n) is 12.3. The van der Waals surface area contributed by atoms with Gasteiger partial charge < -0.3 is 0 Å². The highest BCUT2D eigenvalue weighted by molar-refractivity contribution is 7.26. The Morgan fingerprint density at radius 1 is 0.440 bits per heavy atom. The molecular weight excluding hydrogens is 631 g/mol. The summed E-state index contributed by atoms with van der Waals surface area (Å²) in [6, 6.07) is 54.8. The number of pyridine rings is 1. The van der Waals surface area contributed by atoms with Crippen LogP contribution in [0.5, 0.6) is 0 Å². The maximum absolute atomic E-state index is 5.27. The molecule has 4 aromatic heterocycles. The average Bonchev–Trinajstić information content (AvgIpc) is 3.74. The van der Waals surface area contributed by atoms with Crippen LogP contribution in [0.1, 0.15) is 0 Å². The molecule has 10 rings (SSSR count). The Morgan fingerprint density at radius 2 is 1.04 bits per heavy atom. The van der Waals surface area contributed by atoms with Crippen molar-refractivity contribution in [3.05, 3.63) is 164 Å². The highest BCUT2D eigenvalue weighted by Crippen LogP contribution is 2.42. The Bertz CT molecular complexity index is 2770. The second-order valence-corrected chi connectivity index (χ2v) is 13.4. The van der Waals surface area contributed by atoms with Crippen molar-refractivity contribution in [3.8, 4) is 51.0 Å². The topological polar surface area (TPSA) is 56.5 Å². The Labute approximate surface area is 291 Å². The Hall–Kier alpha value is -6.50. The molecule has 0 aliphatic rings. The minimum atomic E-state index is 0.552. The zero-order chi connectivity index (χ0) is 33.0. The number of aromatic nitrogens is 5. The Balaban J connectivity index is 1.28. The minimum absolute atomic E-state index is 0.552. The third kappa shape index (κ3) is 4.69. The quantitative estimate of drug-likeness (QED) is 0.185. The van der Waals surface area contributed by atoms with E-state index in [0.717, 1.165) is 55.3 Å². The molecule has 6 aromatic carbocycles. The van der Waals surface area contributed by atoms with E-state index in [1.165, 1.54) is 20.2 Å². The second kappa shape index (κ2) is 11.6. The number of thiophene rings is 1. The molecule has 0 atom stereocenters. The van der Waals surface area contributed by atoms with Gasteiger partial charge in [-0.15, -0.1) is 11.3 Å². The molecule has 10 aromatic rings. The molecule has 50 heavy (non-hydrogen) atoms. The van der Waals surface area contributed by atoms with Gasteiger partial charge in [-0.2, -0.15) is 9.97 Å². The first kappa shape index (κ1) is 28.5. The zero-order valence-electron chi connectivity index (χ0n) is 26.7. The van der Waals surface area contributed by atoms with Crippen LogP contribution in [0.4, 0.5) is 0 Å². The normalized spacial score (nSPS) is 11.6. The van der Waals surface area contributed by atoms with Crippen molar-refractivity contribution >= 4 is 53.4 Å². The van der Waals surface area contributed by atoms with Gasteiger partial charge in [0.15, 0.2) is 11.6 Å². The van der Waals surface area contributed by atoms with Gasteiger partial charge in [0.1, 0.15) is 0 Å². The van der Waals surface area contributed by atoms with Crippen molar-refractivity contribution in [1.29, 1.82) is 0 Å². The van der Waals surface area contributed by atoms with E-state index in [1.807, 2.05) is 24.4 Å². The molecule has 6 heteroatoms. The van der Waals surface area contributed by atoms with Crippen molar-refractivity contribution in [1.82, 2.24) is 24.5 Å². The van der Waals surface area contributed by atoms with Crippen LogP contribution in [0, 0.1) is 0 Å². The summed E-state index contributed by atoms with van der Waals surface area (Å²) in [5.41, 5.74) is 9.23. The van der Waals surface area contributed by atoms with E-state index >= 15 is 0 Å². The lowest BCUT2D eigenvalue weighted by Crippen LogP contribution is -2.06. The lowest BCUT2D eigenvalue weighted by atomic mass is 10.0.